The van der Waals surface area contributed by atoms with Crippen molar-refractivity contribution in [3.05, 3.63) is 108 Å². The van der Waals surface area contributed by atoms with Gasteiger partial charge in [-0.3, -0.25) is 0 Å². The van der Waals surface area contributed by atoms with Crippen LogP contribution in [0.2, 0.25) is 0 Å². The van der Waals surface area contributed by atoms with Crippen LogP contribution < -0.4 is 0 Å². The van der Waals surface area contributed by atoms with Crippen molar-refractivity contribution in [2.75, 3.05) is 0 Å². The van der Waals surface area contributed by atoms with Gasteiger partial charge in [0.05, 0.1) is 5.71 Å². The molecular weight excluding hydrogens is 306 g/mol. The Kier molecular flexibility index (Phi) is 3.95. The smallest absolute Gasteiger partial charge is 0.160 e. The first-order valence-corrected chi connectivity index (χ1v) is 8.27. The van der Waals surface area contributed by atoms with Crippen LogP contribution in [-0.2, 0) is 0 Å². The van der Waals surface area contributed by atoms with Gasteiger partial charge in [0.1, 0.15) is 11.4 Å². The van der Waals surface area contributed by atoms with E-state index in [1.165, 1.54) is 0 Å². The minimum absolute atomic E-state index is 0.786. The summed E-state index contributed by atoms with van der Waals surface area (Å²) in [5.41, 5.74) is 5.60. The van der Waals surface area contributed by atoms with Gasteiger partial charge >= 0.3 is 0 Å². The highest BCUT2D eigenvalue weighted by Gasteiger charge is 2.12. The van der Waals surface area contributed by atoms with Crippen LogP contribution in [0.15, 0.2) is 88.3 Å². The molecule has 3 aromatic carbocycles. The second-order valence-electron chi connectivity index (χ2n) is 5.98. The van der Waals surface area contributed by atoms with Crippen molar-refractivity contribution in [3.63, 3.8) is 0 Å². The molecule has 0 unspecified atom stereocenters. The van der Waals surface area contributed by atoms with Crippen LogP contribution in [0.25, 0.3) is 11.0 Å². The lowest BCUT2D eigenvalue weighted by Gasteiger charge is -2.08. The van der Waals surface area contributed by atoms with Crippen molar-refractivity contribution >= 4 is 22.4 Å². The summed E-state index contributed by atoms with van der Waals surface area (Å²) in [5, 5.41) is 1.01. The van der Waals surface area contributed by atoms with E-state index in [0.717, 1.165) is 44.8 Å². The zero-order chi connectivity index (χ0) is 17.2. The Morgan fingerprint density at radius 3 is 2.00 bits per heavy atom. The zero-order valence-corrected chi connectivity index (χ0v) is 14.1. The Bertz CT molecular complexity index is 1000. The molecule has 0 aliphatic rings. The fraction of sp³-hybridized carbons (Fsp3) is 0.0435. The molecule has 0 aliphatic heterocycles. The molecule has 0 spiro atoms. The van der Waals surface area contributed by atoms with E-state index in [2.05, 4.69) is 31.2 Å². The van der Waals surface area contributed by atoms with Gasteiger partial charge in [0.15, 0.2) is 5.58 Å². The van der Waals surface area contributed by atoms with E-state index < -0.39 is 0 Å². The summed E-state index contributed by atoms with van der Waals surface area (Å²) in [6.07, 6.45) is 0. The summed E-state index contributed by atoms with van der Waals surface area (Å²) in [6.45, 7) is 6.04. The summed E-state index contributed by atoms with van der Waals surface area (Å²) < 4.78 is 5.93. The monoisotopic (exact) mass is 324 g/mol. The SMILES string of the molecule is [CH2]c1c(C)oc2c(N=C(c3ccccc3)c3ccccc3)cccc12. The minimum Gasteiger partial charge on any atom is -0.459 e. The third-order valence-corrected chi connectivity index (χ3v) is 4.33. The highest BCUT2D eigenvalue weighted by Crippen LogP contribution is 2.33. The van der Waals surface area contributed by atoms with Gasteiger partial charge in [0, 0.05) is 22.1 Å². The van der Waals surface area contributed by atoms with Crippen LogP contribution in [0.1, 0.15) is 22.5 Å². The van der Waals surface area contributed by atoms with Crippen molar-refractivity contribution in [2.45, 2.75) is 6.92 Å². The van der Waals surface area contributed by atoms with Crippen molar-refractivity contribution in [1.82, 2.24) is 0 Å². The predicted molar refractivity (Wildman–Crippen MR) is 104 cm³/mol. The topological polar surface area (TPSA) is 25.5 Å². The Morgan fingerprint density at radius 2 is 1.40 bits per heavy atom. The number of para-hydroxylation sites is 1. The number of hydrogen-bond acceptors (Lipinski definition) is 2. The van der Waals surface area contributed by atoms with E-state index in [0.29, 0.717) is 0 Å². The van der Waals surface area contributed by atoms with Crippen molar-refractivity contribution in [2.24, 2.45) is 4.99 Å². The van der Waals surface area contributed by atoms with Crippen LogP contribution in [0, 0.1) is 13.8 Å². The molecule has 0 N–H and O–H groups in total. The van der Waals surface area contributed by atoms with Crippen LogP contribution in [0.5, 0.6) is 0 Å². The zero-order valence-electron chi connectivity index (χ0n) is 14.1. The second kappa shape index (κ2) is 6.40. The number of furan rings is 1. The fourth-order valence-electron chi connectivity index (χ4n) is 2.97. The highest BCUT2D eigenvalue weighted by molar-refractivity contribution is 6.14. The molecule has 0 amide bonds. The maximum atomic E-state index is 5.93. The average Bonchev–Trinajstić information content (AvgIpc) is 2.96. The summed E-state index contributed by atoms with van der Waals surface area (Å²) in [7, 11) is 0. The molecule has 1 aromatic heterocycles. The molecule has 0 saturated heterocycles. The quantitative estimate of drug-likeness (QED) is 0.418. The van der Waals surface area contributed by atoms with E-state index in [-0.39, 0.29) is 0 Å². The normalized spacial score (nSPS) is 10.8. The van der Waals surface area contributed by atoms with Crippen LogP contribution >= 0.6 is 0 Å². The average molecular weight is 324 g/mol. The Hall–Kier alpha value is -3.13. The molecule has 2 nitrogen and oxygen atoms in total. The summed E-state index contributed by atoms with van der Waals surface area (Å²) >= 11 is 0. The van der Waals surface area contributed by atoms with Gasteiger partial charge in [-0.15, -0.1) is 0 Å². The van der Waals surface area contributed by atoms with Gasteiger partial charge in [-0.1, -0.05) is 72.8 Å². The first kappa shape index (κ1) is 15.4. The molecule has 121 valence electrons. The maximum absolute atomic E-state index is 5.93. The third kappa shape index (κ3) is 2.87. The lowest BCUT2D eigenvalue weighted by Crippen LogP contribution is -2.02. The molecule has 1 heterocycles. The molecule has 0 fully saturated rings. The Morgan fingerprint density at radius 1 is 0.800 bits per heavy atom. The molecule has 0 aliphatic carbocycles. The van der Waals surface area contributed by atoms with E-state index in [4.69, 9.17) is 9.41 Å². The van der Waals surface area contributed by atoms with Gasteiger partial charge in [-0.05, 0) is 19.9 Å². The summed E-state index contributed by atoms with van der Waals surface area (Å²) in [5.74, 6) is 0.832. The minimum atomic E-state index is 0.786. The van der Waals surface area contributed by atoms with Crippen molar-refractivity contribution in [3.8, 4) is 0 Å². The van der Waals surface area contributed by atoms with E-state index in [9.17, 15) is 0 Å². The second-order valence-corrected chi connectivity index (χ2v) is 5.98. The molecule has 1 radical (unpaired) electrons. The standard InChI is InChI=1S/C23H18NO/c1-16-17(2)25-23-20(16)14-9-15-21(23)24-22(18-10-5-3-6-11-18)19-12-7-4-8-13-19/h3-15H,1H2,2H3. The number of rotatable bonds is 3. The third-order valence-electron chi connectivity index (χ3n) is 4.33. The Balaban J connectivity index is 1.96. The van der Waals surface area contributed by atoms with Crippen LogP contribution in [-0.4, -0.2) is 5.71 Å². The number of nitrogens with zero attached hydrogens (tertiary/aromatic N) is 1. The van der Waals surface area contributed by atoms with Crippen LogP contribution in [0.4, 0.5) is 5.69 Å². The van der Waals surface area contributed by atoms with E-state index in [1.54, 1.807) is 0 Å². The number of aliphatic imine (C=N–C) groups is 1. The largest absolute Gasteiger partial charge is 0.459 e. The number of fused-ring (bicyclic) bond motifs is 1. The molecule has 4 rings (SSSR count). The molecule has 0 bridgehead atoms. The molecule has 4 aromatic rings. The lowest BCUT2D eigenvalue weighted by molar-refractivity contribution is 0.577. The molecular formula is C23H18NO. The van der Waals surface area contributed by atoms with Gasteiger partial charge < -0.3 is 4.42 Å². The molecule has 2 heteroatoms. The van der Waals surface area contributed by atoms with Crippen LogP contribution in [0.3, 0.4) is 0 Å². The predicted octanol–water partition coefficient (Wildman–Crippen LogP) is 6.09. The number of aryl methyl sites for hydroxylation is 1. The van der Waals surface area contributed by atoms with Gasteiger partial charge in [0.2, 0.25) is 0 Å². The first-order valence-electron chi connectivity index (χ1n) is 8.27. The first-order chi connectivity index (χ1) is 12.2. The van der Waals surface area contributed by atoms with E-state index >= 15 is 0 Å². The van der Waals surface area contributed by atoms with Crippen molar-refractivity contribution < 1.29 is 4.42 Å². The number of benzene rings is 3. The molecule has 25 heavy (non-hydrogen) atoms. The fourth-order valence-corrected chi connectivity index (χ4v) is 2.97. The Labute approximate surface area is 147 Å². The van der Waals surface area contributed by atoms with E-state index in [1.807, 2.05) is 61.5 Å². The highest BCUT2D eigenvalue weighted by atomic mass is 16.3. The van der Waals surface area contributed by atoms with Gasteiger partial charge in [0.25, 0.3) is 0 Å². The maximum Gasteiger partial charge on any atom is 0.160 e. The van der Waals surface area contributed by atoms with Crippen molar-refractivity contribution in [1.29, 1.82) is 0 Å². The lowest BCUT2D eigenvalue weighted by atomic mass is 10.0. The summed E-state index contributed by atoms with van der Waals surface area (Å²) in [6, 6.07) is 26.4. The molecule has 0 atom stereocenters. The van der Waals surface area contributed by atoms with Gasteiger partial charge in [-0.25, -0.2) is 4.99 Å². The molecule has 0 saturated carbocycles. The number of hydrogen-bond donors (Lipinski definition) is 0. The van der Waals surface area contributed by atoms with Gasteiger partial charge in [-0.2, -0.15) is 0 Å². The summed E-state index contributed by atoms with van der Waals surface area (Å²) in [4.78, 5) is 4.98.